The van der Waals surface area contributed by atoms with Crippen LogP contribution in [0.4, 0.5) is 5.13 Å². The number of benzene rings is 1. The fourth-order valence-corrected chi connectivity index (χ4v) is 6.10. The second-order valence-corrected chi connectivity index (χ2v) is 10.4. The summed E-state index contributed by atoms with van der Waals surface area (Å²) in [6.45, 7) is 0.441. The van der Waals surface area contributed by atoms with Crippen molar-refractivity contribution >= 4 is 51.7 Å². The number of fused-ring (bicyclic) bond motifs is 2. The van der Waals surface area contributed by atoms with Crippen LogP contribution in [0.1, 0.15) is 5.69 Å². The zero-order valence-electron chi connectivity index (χ0n) is 19.5. The first-order valence-corrected chi connectivity index (χ1v) is 13.1. The monoisotopic (exact) mass is 552 g/mol. The zero-order chi connectivity index (χ0) is 27.0. The smallest absolute Gasteiger partial charge is 0.352 e. The van der Waals surface area contributed by atoms with E-state index < -0.39 is 34.9 Å². The number of hydrogen-bond acceptors (Lipinski definition) is 10. The van der Waals surface area contributed by atoms with Gasteiger partial charge in [-0.2, -0.15) is 0 Å². The number of carboxylic acid groups (broad SMARTS) is 1. The second-order valence-electron chi connectivity index (χ2n) is 8.39. The van der Waals surface area contributed by atoms with E-state index in [1.54, 1.807) is 24.3 Å². The highest BCUT2D eigenvalue weighted by Gasteiger charge is 2.54. The topological polar surface area (TPSA) is 180 Å². The summed E-state index contributed by atoms with van der Waals surface area (Å²) in [6, 6.07) is 5.63. The van der Waals surface area contributed by atoms with Crippen LogP contribution < -0.4 is 16.5 Å². The Balaban J connectivity index is 1.30. The molecule has 0 saturated carbocycles. The molecule has 0 spiro atoms. The fourth-order valence-electron chi connectivity index (χ4n) is 4.23. The molecule has 194 valence electrons. The Labute approximate surface area is 223 Å². The van der Waals surface area contributed by atoms with E-state index in [4.69, 9.17) is 5.73 Å². The van der Waals surface area contributed by atoms with Crippen molar-refractivity contribution < 1.29 is 24.7 Å². The SMILES string of the molecule is Nc1nc(/C(=N/O)C(=O)N[C@@H]2C(=O)N3C(C(=O)O)=C(/C=C/Cn4ccc5cc(=O)ccc-5c4)CS[C@H]23)cs1. The van der Waals surface area contributed by atoms with E-state index in [1.165, 1.54) is 23.2 Å². The number of pyridine rings is 1. The van der Waals surface area contributed by atoms with Gasteiger partial charge >= 0.3 is 5.97 Å². The molecule has 0 radical (unpaired) electrons. The number of allylic oxidation sites excluding steroid dienone is 2. The molecule has 0 bridgehead atoms. The van der Waals surface area contributed by atoms with Crippen LogP contribution in [0.15, 0.2) is 75.4 Å². The standard InChI is InChI=1S/C24H20N6O6S2/c25-24-26-16(11-38-24)17(28-36)20(32)27-18-21(33)30-19(23(34)35)14(10-37-22(18)30)2-1-6-29-7-5-12-8-15(31)4-3-13(12)9-29/h1-5,7-9,11,18,22,36H,6,10H2,(H2,25,26)(H,27,32)(H,34,35)/b2-1+,28-17-/t18-,22-/m1/s1. The molecule has 1 fully saturated rings. The third-order valence-corrected chi connectivity index (χ3v) is 7.99. The Morgan fingerprint density at radius 2 is 2.08 bits per heavy atom. The molecule has 3 aliphatic heterocycles. The lowest BCUT2D eigenvalue weighted by atomic mass is 10.0. The van der Waals surface area contributed by atoms with Crippen LogP contribution in [0.25, 0.3) is 11.1 Å². The van der Waals surface area contributed by atoms with Gasteiger partial charge in [-0.25, -0.2) is 9.78 Å². The number of nitrogens with one attached hydrogen (secondary N) is 1. The highest BCUT2D eigenvalue weighted by Crippen LogP contribution is 2.40. The summed E-state index contributed by atoms with van der Waals surface area (Å²) in [7, 11) is 0. The number of nitrogens with zero attached hydrogens (tertiary/aromatic N) is 4. The number of nitrogens with two attached hydrogens (primary N) is 1. The van der Waals surface area contributed by atoms with E-state index >= 15 is 0 Å². The van der Waals surface area contributed by atoms with Crippen molar-refractivity contribution in [2.45, 2.75) is 18.0 Å². The maximum absolute atomic E-state index is 12.9. The van der Waals surface area contributed by atoms with Gasteiger partial charge in [0.2, 0.25) is 0 Å². The number of carbonyl (C=O) groups excluding carboxylic acids is 2. The molecule has 5 rings (SSSR count). The third kappa shape index (κ3) is 4.66. The summed E-state index contributed by atoms with van der Waals surface area (Å²) >= 11 is 2.37. The maximum atomic E-state index is 12.9. The van der Waals surface area contributed by atoms with Crippen LogP contribution in [0.5, 0.6) is 0 Å². The van der Waals surface area contributed by atoms with E-state index in [-0.39, 0.29) is 22.0 Å². The number of oxime groups is 1. The lowest BCUT2D eigenvalue weighted by Crippen LogP contribution is -2.71. The number of thioether (sulfide) groups is 1. The molecule has 4 heterocycles. The number of anilines is 1. The van der Waals surface area contributed by atoms with Gasteiger partial charge in [-0.05, 0) is 41.0 Å². The number of thiazole rings is 1. The van der Waals surface area contributed by atoms with Crippen LogP contribution >= 0.6 is 23.1 Å². The molecule has 0 unspecified atom stereocenters. The van der Waals surface area contributed by atoms with Crippen molar-refractivity contribution in [3.8, 4) is 11.1 Å². The van der Waals surface area contributed by atoms with Crippen LogP contribution in [0, 0.1) is 0 Å². The van der Waals surface area contributed by atoms with Gasteiger partial charge in [0.15, 0.2) is 16.3 Å². The number of aromatic nitrogens is 2. The molecule has 2 amide bonds. The normalized spacial score (nSPS) is 19.5. The summed E-state index contributed by atoms with van der Waals surface area (Å²) in [4.78, 5) is 54.2. The molecular formula is C24H20N6O6S2. The van der Waals surface area contributed by atoms with Crippen LogP contribution in [-0.4, -0.2) is 65.4 Å². The molecule has 14 heteroatoms. The Kier molecular flexibility index (Phi) is 6.73. The van der Waals surface area contributed by atoms with Gasteiger partial charge in [0.1, 0.15) is 22.8 Å². The summed E-state index contributed by atoms with van der Waals surface area (Å²) in [5.74, 6) is -2.37. The molecule has 2 atom stereocenters. The number of carbonyl (C=O) groups is 3. The van der Waals surface area contributed by atoms with E-state index in [0.717, 1.165) is 27.4 Å². The molecule has 1 aromatic rings. The Hall–Kier alpha value is -4.43. The number of carboxylic acids is 1. The minimum atomic E-state index is -1.25. The number of β-lactam (4-membered cyclic amide) rings is 1. The average Bonchev–Trinajstić information content (AvgIpc) is 3.32. The number of rotatable bonds is 7. The molecule has 1 saturated heterocycles. The number of aliphatic carboxylic acids is 1. The molecule has 38 heavy (non-hydrogen) atoms. The summed E-state index contributed by atoms with van der Waals surface area (Å²) in [6.07, 6.45) is 7.17. The maximum Gasteiger partial charge on any atom is 0.352 e. The van der Waals surface area contributed by atoms with Crippen molar-refractivity contribution in [2.75, 3.05) is 11.5 Å². The van der Waals surface area contributed by atoms with Gasteiger partial charge in [0.25, 0.3) is 11.8 Å². The fraction of sp³-hybridized carbons (Fsp3) is 0.167. The summed E-state index contributed by atoms with van der Waals surface area (Å²) in [5.41, 5.74) is 7.21. The first-order valence-electron chi connectivity index (χ1n) is 11.2. The van der Waals surface area contributed by atoms with Gasteiger partial charge in [-0.1, -0.05) is 17.3 Å². The lowest BCUT2D eigenvalue weighted by Gasteiger charge is -2.49. The van der Waals surface area contributed by atoms with E-state index in [0.29, 0.717) is 17.9 Å². The summed E-state index contributed by atoms with van der Waals surface area (Å²) in [5, 5.41) is 25.6. The van der Waals surface area contributed by atoms with Crippen LogP contribution in [-0.2, 0) is 20.9 Å². The summed E-state index contributed by atoms with van der Waals surface area (Å²) < 4.78 is 1.89. The van der Waals surface area contributed by atoms with Crippen molar-refractivity contribution in [3.05, 3.63) is 81.4 Å². The Morgan fingerprint density at radius 3 is 2.79 bits per heavy atom. The molecule has 4 aliphatic rings. The molecular weight excluding hydrogens is 532 g/mol. The van der Waals surface area contributed by atoms with Crippen molar-refractivity contribution in [3.63, 3.8) is 0 Å². The number of hydrogen-bond donors (Lipinski definition) is 4. The minimum Gasteiger partial charge on any atom is -0.477 e. The molecule has 1 aliphatic carbocycles. The van der Waals surface area contributed by atoms with Crippen molar-refractivity contribution in [1.82, 2.24) is 19.8 Å². The predicted octanol–water partition coefficient (Wildman–Crippen LogP) is 1.17. The molecule has 1 aromatic heterocycles. The highest BCUT2D eigenvalue weighted by atomic mass is 32.2. The predicted molar refractivity (Wildman–Crippen MR) is 141 cm³/mol. The van der Waals surface area contributed by atoms with Gasteiger partial charge in [0, 0.05) is 30.1 Å². The van der Waals surface area contributed by atoms with Gasteiger partial charge in [-0.3, -0.25) is 19.3 Å². The molecule has 0 aromatic carbocycles. The van der Waals surface area contributed by atoms with Gasteiger partial charge in [-0.15, -0.1) is 23.1 Å². The second kappa shape index (κ2) is 10.1. The average molecular weight is 553 g/mol. The quantitative estimate of drug-likeness (QED) is 0.145. The zero-order valence-corrected chi connectivity index (χ0v) is 21.1. The van der Waals surface area contributed by atoms with E-state index in [2.05, 4.69) is 15.5 Å². The highest BCUT2D eigenvalue weighted by molar-refractivity contribution is 8.00. The first kappa shape index (κ1) is 25.2. The van der Waals surface area contributed by atoms with Gasteiger partial charge < -0.3 is 25.9 Å². The lowest BCUT2D eigenvalue weighted by molar-refractivity contribution is -0.150. The van der Waals surface area contributed by atoms with E-state index in [1.807, 2.05) is 23.0 Å². The Morgan fingerprint density at radius 1 is 1.26 bits per heavy atom. The van der Waals surface area contributed by atoms with Crippen molar-refractivity contribution in [2.24, 2.45) is 5.16 Å². The van der Waals surface area contributed by atoms with E-state index in [9.17, 15) is 29.5 Å². The molecule has 5 N–H and O–H groups in total. The van der Waals surface area contributed by atoms with Crippen molar-refractivity contribution in [1.29, 1.82) is 0 Å². The first-order chi connectivity index (χ1) is 18.3. The van der Waals surface area contributed by atoms with Gasteiger partial charge in [0.05, 0.1) is 0 Å². The Bertz CT molecular complexity index is 1570. The largest absolute Gasteiger partial charge is 0.477 e. The third-order valence-electron chi connectivity index (χ3n) is 6.01. The molecule has 12 nitrogen and oxygen atoms in total. The number of nitrogen functional groups attached to an aromatic ring is 1. The minimum absolute atomic E-state index is 0.0606. The number of amides is 2. The van der Waals surface area contributed by atoms with Crippen LogP contribution in [0.2, 0.25) is 0 Å². The van der Waals surface area contributed by atoms with Crippen LogP contribution in [0.3, 0.4) is 0 Å².